The Morgan fingerprint density at radius 3 is 2.94 bits per heavy atom. The Hall–Kier alpha value is -2.70. The normalized spacial score (nSPS) is 10.9. The van der Waals surface area contributed by atoms with E-state index in [1.165, 1.54) is 6.07 Å². The fourth-order valence-electron chi connectivity index (χ4n) is 1.70. The fraction of sp³-hybridized carbons (Fsp3) is 0.0909. The van der Waals surface area contributed by atoms with Crippen LogP contribution in [0, 0.1) is 0 Å². The molecule has 0 fully saturated rings. The summed E-state index contributed by atoms with van der Waals surface area (Å²) in [7, 11) is 1.78. The molecule has 1 aromatic carbocycles. The van der Waals surface area contributed by atoms with Gasteiger partial charge in [-0.25, -0.2) is 9.48 Å². The maximum absolute atomic E-state index is 10.7. The summed E-state index contributed by atoms with van der Waals surface area (Å²) >= 11 is 0. The predicted molar refractivity (Wildman–Crippen MR) is 61.0 cm³/mol. The summed E-state index contributed by atoms with van der Waals surface area (Å²) in [5.74, 6) is -1.33. The standard InChI is InChI=1S/C11H8N4O3/c1-15-9-4-6(2-3-7(9)12-14-15)8-5-10(11(16)17)18-13-8/h2-5H,1H3,(H,16,17). The molecule has 0 amide bonds. The molecule has 0 atom stereocenters. The summed E-state index contributed by atoms with van der Waals surface area (Å²) < 4.78 is 6.35. The summed E-state index contributed by atoms with van der Waals surface area (Å²) in [5.41, 5.74) is 2.83. The predicted octanol–water partition coefficient (Wildman–Crippen LogP) is 1.32. The van der Waals surface area contributed by atoms with Gasteiger partial charge >= 0.3 is 5.97 Å². The smallest absolute Gasteiger partial charge is 0.374 e. The van der Waals surface area contributed by atoms with E-state index in [1.54, 1.807) is 23.9 Å². The first-order chi connectivity index (χ1) is 8.65. The van der Waals surface area contributed by atoms with Crippen LogP contribution in [0.25, 0.3) is 22.3 Å². The van der Waals surface area contributed by atoms with Gasteiger partial charge in [0, 0.05) is 18.7 Å². The van der Waals surface area contributed by atoms with E-state index >= 15 is 0 Å². The molecule has 1 N–H and O–H groups in total. The van der Waals surface area contributed by atoms with Gasteiger partial charge in [0.1, 0.15) is 11.2 Å². The number of rotatable bonds is 2. The highest BCUT2D eigenvalue weighted by atomic mass is 16.5. The molecule has 18 heavy (non-hydrogen) atoms. The lowest BCUT2D eigenvalue weighted by molar-refractivity contribution is 0.0652. The summed E-state index contributed by atoms with van der Waals surface area (Å²) in [6, 6.07) is 6.80. The van der Waals surface area contributed by atoms with E-state index in [0.717, 1.165) is 16.6 Å². The number of fused-ring (bicyclic) bond motifs is 1. The second-order valence-corrected chi connectivity index (χ2v) is 3.80. The van der Waals surface area contributed by atoms with Crippen molar-refractivity contribution in [1.29, 1.82) is 0 Å². The van der Waals surface area contributed by atoms with E-state index < -0.39 is 5.97 Å². The third kappa shape index (κ3) is 1.53. The van der Waals surface area contributed by atoms with Gasteiger partial charge in [-0.15, -0.1) is 5.10 Å². The number of carboxylic acid groups (broad SMARTS) is 1. The van der Waals surface area contributed by atoms with Crippen LogP contribution in [-0.4, -0.2) is 31.2 Å². The van der Waals surface area contributed by atoms with Crippen LogP contribution in [0.4, 0.5) is 0 Å². The highest BCUT2D eigenvalue weighted by Gasteiger charge is 2.13. The number of aryl methyl sites for hydroxylation is 1. The Labute approximate surface area is 101 Å². The highest BCUT2D eigenvalue weighted by Crippen LogP contribution is 2.22. The molecule has 0 spiro atoms. The van der Waals surface area contributed by atoms with Gasteiger partial charge in [0.25, 0.3) is 0 Å². The SMILES string of the molecule is Cn1nnc2ccc(-c3cc(C(=O)O)on3)cc21. The minimum absolute atomic E-state index is 0.187. The maximum atomic E-state index is 10.7. The molecule has 0 saturated carbocycles. The van der Waals surface area contributed by atoms with Crippen LogP contribution in [0.1, 0.15) is 10.6 Å². The van der Waals surface area contributed by atoms with E-state index in [1.807, 2.05) is 6.07 Å². The molecule has 7 nitrogen and oxygen atoms in total. The lowest BCUT2D eigenvalue weighted by atomic mass is 10.1. The molecule has 0 bridgehead atoms. The summed E-state index contributed by atoms with van der Waals surface area (Å²) in [5, 5.41) is 20.3. The average molecular weight is 244 g/mol. The minimum Gasteiger partial charge on any atom is -0.475 e. The Kier molecular flexibility index (Phi) is 2.12. The third-order valence-electron chi connectivity index (χ3n) is 2.63. The zero-order chi connectivity index (χ0) is 12.7. The van der Waals surface area contributed by atoms with Crippen LogP contribution in [-0.2, 0) is 7.05 Å². The van der Waals surface area contributed by atoms with Gasteiger partial charge in [0.05, 0.1) is 5.52 Å². The van der Waals surface area contributed by atoms with Gasteiger partial charge in [-0.2, -0.15) is 0 Å². The molecule has 2 aromatic heterocycles. The van der Waals surface area contributed by atoms with Crippen molar-refractivity contribution < 1.29 is 14.4 Å². The van der Waals surface area contributed by atoms with Crippen LogP contribution in [0.3, 0.4) is 0 Å². The molecule has 0 aliphatic rings. The van der Waals surface area contributed by atoms with Crippen LogP contribution < -0.4 is 0 Å². The van der Waals surface area contributed by atoms with Crippen molar-refractivity contribution in [3.05, 3.63) is 30.0 Å². The molecule has 2 heterocycles. The molecule has 7 heteroatoms. The Morgan fingerprint density at radius 2 is 2.22 bits per heavy atom. The molecule has 0 aliphatic carbocycles. The van der Waals surface area contributed by atoms with E-state index in [4.69, 9.17) is 9.63 Å². The van der Waals surface area contributed by atoms with E-state index in [9.17, 15) is 4.79 Å². The minimum atomic E-state index is -1.14. The van der Waals surface area contributed by atoms with Crippen molar-refractivity contribution in [1.82, 2.24) is 20.2 Å². The summed E-state index contributed by atoms with van der Waals surface area (Å²) in [6.45, 7) is 0. The molecule has 0 saturated heterocycles. The second-order valence-electron chi connectivity index (χ2n) is 3.80. The highest BCUT2D eigenvalue weighted by molar-refractivity contribution is 5.86. The number of aromatic carboxylic acids is 1. The monoisotopic (exact) mass is 244 g/mol. The van der Waals surface area contributed by atoms with E-state index in [0.29, 0.717) is 5.69 Å². The van der Waals surface area contributed by atoms with E-state index in [2.05, 4.69) is 15.5 Å². The number of carboxylic acids is 1. The summed E-state index contributed by atoms with van der Waals surface area (Å²) in [6.07, 6.45) is 0. The first kappa shape index (κ1) is 10.5. The van der Waals surface area contributed by atoms with Crippen molar-refractivity contribution >= 4 is 17.0 Å². The van der Waals surface area contributed by atoms with Gasteiger partial charge in [0.15, 0.2) is 0 Å². The van der Waals surface area contributed by atoms with Crippen LogP contribution in [0.2, 0.25) is 0 Å². The Bertz CT molecular complexity index is 744. The number of hydrogen-bond acceptors (Lipinski definition) is 5. The van der Waals surface area contributed by atoms with Gasteiger partial charge in [-0.05, 0) is 12.1 Å². The lowest BCUT2D eigenvalue weighted by Crippen LogP contribution is -1.91. The molecule has 90 valence electrons. The first-order valence-corrected chi connectivity index (χ1v) is 5.15. The summed E-state index contributed by atoms with van der Waals surface area (Å²) in [4.78, 5) is 10.7. The largest absolute Gasteiger partial charge is 0.475 e. The number of hydrogen-bond donors (Lipinski definition) is 1. The average Bonchev–Trinajstić information content (AvgIpc) is 2.96. The van der Waals surface area contributed by atoms with Crippen LogP contribution >= 0.6 is 0 Å². The van der Waals surface area contributed by atoms with Crippen LogP contribution in [0.5, 0.6) is 0 Å². The molecule has 3 aromatic rings. The topological polar surface area (TPSA) is 94.0 Å². The molecule has 0 radical (unpaired) electrons. The molecular weight excluding hydrogens is 236 g/mol. The maximum Gasteiger partial charge on any atom is 0.374 e. The number of nitrogens with zero attached hydrogens (tertiary/aromatic N) is 4. The Balaban J connectivity index is 2.12. The first-order valence-electron chi connectivity index (χ1n) is 5.15. The zero-order valence-corrected chi connectivity index (χ0v) is 9.36. The quantitative estimate of drug-likeness (QED) is 0.730. The molecular formula is C11H8N4O3. The van der Waals surface area contributed by atoms with Gasteiger partial charge < -0.3 is 9.63 Å². The molecule has 0 unspecified atom stereocenters. The van der Waals surface area contributed by atoms with Crippen molar-refractivity contribution in [2.24, 2.45) is 7.05 Å². The molecule has 3 rings (SSSR count). The lowest BCUT2D eigenvalue weighted by Gasteiger charge is -1.96. The number of benzene rings is 1. The zero-order valence-electron chi connectivity index (χ0n) is 9.36. The van der Waals surface area contributed by atoms with Gasteiger partial charge in [0.2, 0.25) is 5.76 Å². The van der Waals surface area contributed by atoms with E-state index in [-0.39, 0.29) is 5.76 Å². The van der Waals surface area contributed by atoms with Gasteiger partial charge in [-0.1, -0.05) is 16.4 Å². The number of carbonyl (C=O) groups is 1. The Morgan fingerprint density at radius 1 is 1.39 bits per heavy atom. The van der Waals surface area contributed by atoms with Gasteiger partial charge in [-0.3, -0.25) is 0 Å². The second kappa shape index (κ2) is 3.66. The number of aromatic nitrogens is 4. The van der Waals surface area contributed by atoms with Crippen molar-refractivity contribution in [2.75, 3.05) is 0 Å². The van der Waals surface area contributed by atoms with Crippen molar-refractivity contribution in [3.63, 3.8) is 0 Å². The third-order valence-corrected chi connectivity index (χ3v) is 2.63. The van der Waals surface area contributed by atoms with Crippen molar-refractivity contribution in [3.8, 4) is 11.3 Å². The fourth-order valence-corrected chi connectivity index (χ4v) is 1.70. The van der Waals surface area contributed by atoms with Crippen LogP contribution in [0.15, 0.2) is 28.8 Å². The molecule has 0 aliphatic heterocycles. The van der Waals surface area contributed by atoms with Crippen molar-refractivity contribution in [2.45, 2.75) is 0 Å².